The Hall–Kier alpha value is -1.13. The van der Waals surface area contributed by atoms with Crippen molar-refractivity contribution in [3.05, 3.63) is 29.3 Å². The Morgan fingerprint density at radius 3 is 2.72 bits per heavy atom. The molecule has 0 amide bonds. The molecule has 1 aromatic rings. The van der Waals surface area contributed by atoms with Crippen LogP contribution in [-0.4, -0.2) is 43.1 Å². The Morgan fingerprint density at radius 2 is 2.00 bits per heavy atom. The van der Waals surface area contributed by atoms with Crippen molar-refractivity contribution in [1.82, 2.24) is 4.90 Å². The van der Waals surface area contributed by atoms with E-state index in [1.54, 1.807) is 0 Å². The second-order valence-electron chi connectivity index (χ2n) is 5.03. The van der Waals surface area contributed by atoms with Crippen LogP contribution in [0.4, 0.5) is 5.69 Å². The average Bonchev–Trinajstić information content (AvgIpc) is 2.53. The van der Waals surface area contributed by atoms with Crippen molar-refractivity contribution in [3.63, 3.8) is 0 Å². The van der Waals surface area contributed by atoms with E-state index in [9.17, 15) is 0 Å². The number of likely N-dealkylation sites (N-methyl/N-ethyl adjacent to an activating group) is 1. The van der Waals surface area contributed by atoms with Crippen LogP contribution in [0, 0.1) is 6.92 Å². The van der Waals surface area contributed by atoms with Crippen LogP contribution in [0.25, 0.3) is 0 Å². The molecule has 98 valence electrons. The molecule has 0 atom stereocenters. The van der Waals surface area contributed by atoms with Gasteiger partial charge in [0.15, 0.2) is 0 Å². The number of aryl methyl sites for hydroxylation is 1. The van der Waals surface area contributed by atoms with E-state index in [0.717, 1.165) is 31.7 Å². The molecule has 18 heavy (non-hydrogen) atoms. The number of benzene rings is 1. The molecule has 4 heteroatoms. The molecule has 1 aliphatic rings. The summed E-state index contributed by atoms with van der Waals surface area (Å²) in [6.07, 6.45) is 1.18. The van der Waals surface area contributed by atoms with Gasteiger partial charge in [-0.05, 0) is 44.6 Å². The molecule has 0 aromatic heterocycles. The van der Waals surface area contributed by atoms with Crippen LogP contribution in [-0.2, 0) is 0 Å². The molecule has 1 fully saturated rings. The van der Waals surface area contributed by atoms with Crippen LogP contribution in [0.15, 0.2) is 18.2 Å². The molecule has 2 rings (SSSR count). The minimum absolute atomic E-state index is 0.489. The normalized spacial score (nSPS) is 17.6. The van der Waals surface area contributed by atoms with Crippen LogP contribution in [0.3, 0.4) is 0 Å². The standard InChI is InChI=1S/C14H21N3S/c1-11-4-5-12(14(15)18)13(10-11)17-7-3-6-16(2)8-9-17/h4-5,10H,3,6-9H2,1-2H3,(H2,15,18). The van der Waals surface area contributed by atoms with Crippen LogP contribution in [0.2, 0.25) is 0 Å². The van der Waals surface area contributed by atoms with Gasteiger partial charge in [0.25, 0.3) is 0 Å². The lowest BCUT2D eigenvalue weighted by atomic mass is 10.1. The van der Waals surface area contributed by atoms with Crippen LogP contribution in [0.1, 0.15) is 17.5 Å². The fourth-order valence-electron chi connectivity index (χ4n) is 2.40. The third-order valence-corrected chi connectivity index (χ3v) is 3.70. The second-order valence-corrected chi connectivity index (χ2v) is 5.47. The molecule has 0 spiro atoms. The summed E-state index contributed by atoms with van der Waals surface area (Å²) in [5, 5.41) is 0. The quantitative estimate of drug-likeness (QED) is 0.824. The molecule has 0 bridgehead atoms. The highest BCUT2D eigenvalue weighted by Gasteiger charge is 2.16. The zero-order valence-corrected chi connectivity index (χ0v) is 12.0. The van der Waals surface area contributed by atoms with Gasteiger partial charge in [0.1, 0.15) is 4.99 Å². The van der Waals surface area contributed by atoms with Gasteiger partial charge in [0.05, 0.1) is 0 Å². The number of thiocarbonyl (C=S) groups is 1. The highest BCUT2D eigenvalue weighted by Crippen LogP contribution is 2.23. The van der Waals surface area contributed by atoms with Crippen molar-refractivity contribution in [3.8, 4) is 0 Å². The van der Waals surface area contributed by atoms with Gasteiger partial charge in [0.2, 0.25) is 0 Å². The lowest BCUT2D eigenvalue weighted by molar-refractivity contribution is 0.360. The Labute approximate surface area is 115 Å². The summed E-state index contributed by atoms with van der Waals surface area (Å²) in [6, 6.07) is 6.31. The van der Waals surface area contributed by atoms with Crippen LogP contribution < -0.4 is 10.6 Å². The topological polar surface area (TPSA) is 32.5 Å². The number of hydrogen-bond acceptors (Lipinski definition) is 3. The maximum atomic E-state index is 5.83. The number of hydrogen-bond donors (Lipinski definition) is 1. The minimum atomic E-state index is 0.489. The third kappa shape index (κ3) is 3.00. The number of anilines is 1. The molecule has 0 saturated carbocycles. The molecule has 1 saturated heterocycles. The highest BCUT2D eigenvalue weighted by molar-refractivity contribution is 7.80. The van der Waals surface area contributed by atoms with Crippen molar-refractivity contribution in [2.24, 2.45) is 5.73 Å². The van der Waals surface area contributed by atoms with Crippen molar-refractivity contribution < 1.29 is 0 Å². The Balaban J connectivity index is 2.30. The van der Waals surface area contributed by atoms with E-state index in [0.29, 0.717) is 4.99 Å². The van der Waals surface area contributed by atoms with Gasteiger partial charge in [-0.15, -0.1) is 0 Å². The van der Waals surface area contributed by atoms with Gasteiger partial charge in [-0.3, -0.25) is 0 Å². The fourth-order valence-corrected chi connectivity index (χ4v) is 2.57. The zero-order valence-electron chi connectivity index (χ0n) is 11.1. The molecule has 1 heterocycles. The SMILES string of the molecule is Cc1ccc(C(N)=S)c(N2CCCN(C)CC2)c1. The summed E-state index contributed by atoms with van der Waals surface area (Å²) < 4.78 is 0. The number of nitrogens with zero attached hydrogens (tertiary/aromatic N) is 2. The van der Waals surface area contributed by atoms with E-state index in [2.05, 4.69) is 35.9 Å². The van der Waals surface area contributed by atoms with E-state index in [1.165, 1.54) is 17.7 Å². The van der Waals surface area contributed by atoms with Gasteiger partial charge in [-0.2, -0.15) is 0 Å². The van der Waals surface area contributed by atoms with E-state index < -0.39 is 0 Å². The average molecular weight is 263 g/mol. The van der Waals surface area contributed by atoms with E-state index >= 15 is 0 Å². The van der Waals surface area contributed by atoms with Crippen molar-refractivity contribution in [2.45, 2.75) is 13.3 Å². The molecule has 3 nitrogen and oxygen atoms in total. The summed E-state index contributed by atoms with van der Waals surface area (Å²) in [5.41, 5.74) is 9.28. The van der Waals surface area contributed by atoms with E-state index in [4.69, 9.17) is 18.0 Å². The van der Waals surface area contributed by atoms with Crippen molar-refractivity contribution >= 4 is 22.9 Å². The fraction of sp³-hybridized carbons (Fsp3) is 0.500. The molecule has 1 aromatic carbocycles. The monoisotopic (exact) mass is 263 g/mol. The second kappa shape index (κ2) is 5.67. The Morgan fingerprint density at radius 1 is 1.22 bits per heavy atom. The third-order valence-electron chi connectivity index (χ3n) is 3.48. The highest BCUT2D eigenvalue weighted by atomic mass is 32.1. The predicted molar refractivity (Wildman–Crippen MR) is 81.4 cm³/mol. The van der Waals surface area contributed by atoms with Crippen LogP contribution in [0.5, 0.6) is 0 Å². The molecular weight excluding hydrogens is 242 g/mol. The summed E-state index contributed by atoms with van der Waals surface area (Å²) in [5.74, 6) is 0. The van der Waals surface area contributed by atoms with Crippen molar-refractivity contribution in [2.75, 3.05) is 38.1 Å². The first-order valence-electron chi connectivity index (χ1n) is 6.42. The largest absolute Gasteiger partial charge is 0.389 e. The van der Waals surface area contributed by atoms with Gasteiger partial charge in [0, 0.05) is 30.9 Å². The first-order valence-corrected chi connectivity index (χ1v) is 6.82. The zero-order chi connectivity index (χ0) is 13.1. The summed E-state index contributed by atoms with van der Waals surface area (Å²) in [7, 11) is 2.17. The summed E-state index contributed by atoms with van der Waals surface area (Å²) in [6.45, 7) is 6.46. The summed E-state index contributed by atoms with van der Waals surface area (Å²) in [4.78, 5) is 5.27. The smallest absolute Gasteiger partial charge is 0.106 e. The van der Waals surface area contributed by atoms with Gasteiger partial charge < -0.3 is 15.5 Å². The van der Waals surface area contributed by atoms with E-state index in [1.807, 2.05) is 6.07 Å². The number of rotatable bonds is 2. The van der Waals surface area contributed by atoms with Gasteiger partial charge >= 0.3 is 0 Å². The molecule has 1 aliphatic heterocycles. The lowest BCUT2D eigenvalue weighted by Crippen LogP contribution is -2.30. The number of nitrogens with two attached hydrogens (primary N) is 1. The Bertz CT molecular complexity index is 445. The van der Waals surface area contributed by atoms with Crippen LogP contribution >= 0.6 is 12.2 Å². The summed E-state index contributed by atoms with van der Waals surface area (Å²) >= 11 is 5.16. The molecule has 0 aliphatic carbocycles. The first-order chi connectivity index (χ1) is 8.58. The maximum absolute atomic E-state index is 5.83. The molecule has 0 unspecified atom stereocenters. The maximum Gasteiger partial charge on any atom is 0.106 e. The van der Waals surface area contributed by atoms with E-state index in [-0.39, 0.29) is 0 Å². The first kappa shape index (κ1) is 13.3. The minimum Gasteiger partial charge on any atom is -0.389 e. The van der Waals surface area contributed by atoms with Gasteiger partial charge in [-0.1, -0.05) is 18.3 Å². The Kier molecular flexibility index (Phi) is 4.19. The van der Waals surface area contributed by atoms with Crippen molar-refractivity contribution in [1.29, 1.82) is 0 Å². The molecular formula is C14H21N3S. The lowest BCUT2D eigenvalue weighted by Gasteiger charge is -2.25. The molecule has 0 radical (unpaired) electrons. The van der Waals surface area contributed by atoms with Gasteiger partial charge in [-0.25, -0.2) is 0 Å². The molecule has 2 N–H and O–H groups in total. The predicted octanol–water partition coefficient (Wildman–Crippen LogP) is 1.77.